The summed E-state index contributed by atoms with van der Waals surface area (Å²) in [5.74, 6) is 2.96. The average Bonchev–Trinajstić information content (AvgIpc) is 3.11. The molecule has 1 heterocycles. The minimum atomic E-state index is 0.873. The summed E-state index contributed by atoms with van der Waals surface area (Å²) in [4.78, 5) is 9.81. The van der Waals surface area contributed by atoms with Gasteiger partial charge in [-0.3, -0.25) is 4.99 Å². The fraction of sp³-hybridized carbons (Fsp3) is 0.375. The second-order valence-corrected chi connectivity index (χ2v) is 7.99. The van der Waals surface area contributed by atoms with Gasteiger partial charge in [0.2, 0.25) is 0 Å². The van der Waals surface area contributed by atoms with Crippen LogP contribution in [-0.4, -0.2) is 42.6 Å². The van der Waals surface area contributed by atoms with Crippen LogP contribution in [0.3, 0.4) is 0 Å². The van der Waals surface area contributed by atoms with Gasteiger partial charge >= 0.3 is 0 Å². The lowest BCUT2D eigenvalue weighted by molar-refractivity contribution is 0.800. The second-order valence-electron chi connectivity index (χ2n) is 4.59. The molecule has 23 heavy (non-hydrogen) atoms. The van der Waals surface area contributed by atoms with E-state index < -0.39 is 0 Å². The molecule has 0 amide bonds. The lowest BCUT2D eigenvalue weighted by atomic mass is 10.4. The van der Waals surface area contributed by atoms with E-state index in [1.165, 1.54) is 4.90 Å². The Kier molecular flexibility index (Phi) is 8.98. The minimum absolute atomic E-state index is 0.873. The Balaban J connectivity index is 1.51. The monoisotopic (exact) mass is 366 g/mol. The van der Waals surface area contributed by atoms with E-state index in [4.69, 9.17) is 0 Å². The number of rotatable bonds is 9. The van der Waals surface area contributed by atoms with Crippen molar-refractivity contribution < 1.29 is 0 Å². The molecule has 0 spiro atoms. The normalized spacial score (nSPS) is 11.4. The Morgan fingerprint density at radius 1 is 1.13 bits per heavy atom. The first-order valence-electron chi connectivity index (χ1n) is 7.53. The van der Waals surface area contributed by atoms with Crippen LogP contribution >= 0.6 is 34.9 Å². The van der Waals surface area contributed by atoms with E-state index in [2.05, 4.69) is 44.9 Å². The van der Waals surface area contributed by atoms with Crippen LogP contribution in [0.1, 0.15) is 6.42 Å². The quantitative estimate of drug-likeness (QED) is 0.307. The minimum Gasteiger partial charge on any atom is -0.356 e. The molecule has 2 aromatic rings. The molecule has 1 aromatic heterocycles. The Labute approximate surface area is 150 Å². The first kappa shape index (κ1) is 18.2. The molecular weight excluding hydrogens is 344 g/mol. The molecule has 0 aliphatic rings. The highest BCUT2D eigenvalue weighted by atomic mass is 32.2. The number of nitrogens with zero attached hydrogens (tertiary/aromatic N) is 2. The molecule has 1 aromatic carbocycles. The largest absolute Gasteiger partial charge is 0.356 e. The molecule has 0 bridgehead atoms. The van der Waals surface area contributed by atoms with Crippen LogP contribution in [0.15, 0.2) is 56.1 Å². The summed E-state index contributed by atoms with van der Waals surface area (Å²) >= 11 is 5.35. The van der Waals surface area contributed by atoms with Crippen molar-refractivity contribution in [1.29, 1.82) is 0 Å². The lowest BCUT2D eigenvalue weighted by Gasteiger charge is -2.11. The van der Waals surface area contributed by atoms with Crippen LogP contribution in [0, 0.1) is 0 Å². The highest BCUT2D eigenvalue weighted by Crippen LogP contribution is 2.20. The third kappa shape index (κ3) is 7.76. The van der Waals surface area contributed by atoms with Gasteiger partial charge in [0.05, 0.1) is 0 Å². The third-order valence-corrected chi connectivity index (χ3v) is 5.94. The van der Waals surface area contributed by atoms with Crippen LogP contribution in [0.25, 0.3) is 0 Å². The van der Waals surface area contributed by atoms with Crippen LogP contribution < -0.4 is 10.6 Å². The smallest absolute Gasteiger partial charge is 0.191 e. The summed E-state index contributed by atoms with van der Waals surface area (Å²) in [5, 5.41) is 8.71. The molecular formula is C16H22N4S3. The molecule has 124 valence electrons. The standard InChI is InChI=1S/C16H22N4S3/c1-17-15(18-8-5-11-22-16-20-10-13-23-16)19-9-12-21-14-6-3-2-4-7-14/h2-4,6-7,10,13H,5,8-9,11-12H2,1H3,(H2,17,18,19). The summed E-state index contributed by atoms with van der Waals surface area (Å²) < 4.78 is 1.14. The van der Waals surface area contributed by atoms with Crippen molar-refractivity contribution in [3.8, 4) is 0 Å². The van der Waals surface area contributed by atoms with Gasteiger partial charge in [0, 0.05) is 48.1 Å². The first-order valence-corrected chi connectivity index (χ1v) is 10.4. The zero-order valence-electron chi connectivity index (χ0n) is 13.2. The van der Waals surface area contributed by atoms with E-state index in [9.17, 15) is 0 Å². The number of benzene rings is 1. The summed E-state index contributed by atoms with van der Waals surface area (Å²) in [6.45, 7) is 1.82. The SMILES string of the molecule is CN=C(NCCCSc1nccs1)NCCSc1ccccc1. The highest BCUT2D eigenvalue weighted by Gasteiger charge is 1.99. The van der Waals surface area contributed by atoms with Crippen molar-refractivity contribution in [2.75, 3.05) is 31.6 Å². The predicted octanol–water partition coefficient (Wildman–Crippen LogP) is 3.58. The van der Waals surface area contributed by atoms with Gasteiger partial charge in [-0.15, -0.1) is 23.1 Å². The van der Waals surface area contributed by atoms with Gasteiger partial charge in [-0.1, -0.05) is 30.0 Å². The molecule has 0 aliphatic carbocycles. The molecule has 0 atom stereocenters. The van der Waals surface area contributed by atoms with Gasteiger partial charge in [-0.25, -0.2) is 4.98 Å². The summed E-state index contributed by atoms with van der Waals surface area (Å²) in [5.41, 5.74) is 0. The van der Waals surface area contributed by atoms with Gasteiger partial charge < -0.3 is 10.6 Å². The van der Waals surface area contributed by atoms with Crippen LogP contribution in [0.5, 0.6) is 0 Å². The highest BCUT2D eigenvalue weighted by molar-refractivity contribution is 8.01. The van der Waals surface area contributed by atoms with Gasteiger partial charge in [0.25, 0.3) is 0 Å². The van der Waals surface area contributed by atoms with Crippen LogP contribution in [0.4, 0.5) is 0 Å². The summed E-state index contributed by atoms with van der Waals surface area (Å²) in [7, 11) is 1.81. The Morgan fingerprint density at radius 2 is 1.96 bits per heavy atom. The van der Waals surface area contributed by atoms with Crippen molar-refractivity contribution in [1.82, 2.24) is 15.6 Å². The number of thioether (sulfide) groups is 2. The van der Waals surface area contributed by atoms with Gasteiger partial charge in [-0.05, 0) is 18.6 Å². The van der Waals surface area contributed by atoms with Crippen molar-refractivity contribution >= 4 is 40.8 Å². The number of hydrogen-bond donors (Lipinski definition) is 2. The van der Waals surface area contributed by atoms with Crippen LogP contribution in [0.2, 0.25) is 0 Å². The van der Waals surface area contributed by atoms with Gasteiger partial charge in [0.1, 0.15) is 4.34 Å². The van der Waals surface area contributed by atoms with E-state index in [-0.39, 0.29) is 0 Å². The molecule has 0 unspecified atom stereocenters. The van der Waals surface area contributed by atoms with Gasteiger partial charge in [0.15, 0.2) is 5.96 Å². The summed E-state index contributed by atoms with van der Waals surface area (Å²) in [6, 6.07) is 10.5. The maximum atomic E-state index is 4.26. The predicted molar refractivity (Wildman–Crippen MR) is 104 cm³/mol. The number of thiazole rings is 1. The van der Waals surface area contributed by atoms with Crippen molar-refractivity contribution in [3.63, 3.8) is 0 Å². The summed E-state index contributed by atoms with van der Waals surface area (Å²) in [6.07, 6.45) is 2.94. The Bertz CT molecular complexity index is 558. The van der Waals surface area contributed by atoms with E-state index in [1.807, 2.05) is 48.2 Å². The van der Waals surface area contributed by atoms with Gasteiger partial charge in [-0.2, -0.15) is 0 Å². The number of aromatic nitrogens is 1. The lowest BCUT2D eigenvalue weighted by Crippen LogP contribution is -2.38. The first-order chi connectivity index (χ1) is 11.4. The molecule has 0 radical (unpaired) electrons. The van der Waals surface area contributed by atoms with Crippen molar-refractivity contribution in [3.05, 3.63) is 41.9 Å². The number of hydrogen-bond acceptors (Lipinski definition) is 5. The average molecular weight is 367 g/mol. The molecule has 0 fully saturated rings. The topological polar surface area (TPSA) is 49.3 Å². The van der Waals surface area contributed by atoms with E-state index in [0.717, 1.165) is 41.3 Å². The fourth-order valence-electron chi connectivity index (χ4n) is 1.80. The molecule has 0 saturated carbocycles. The Hall–Kier alpha value is -1.18. The van der Waals surface area contributed by atoms with E-state index >= 15 is 0 Å². The van der Waals surface area contributed by atoms with Crippen molar-refractivity contribution in [2.45, 2.75) is 15.7 Å². The number of nitrogens with one attached hydrogen (secondary N) is 2. The maximum absolute atomic E-state index is 4.26. The molecule has 7 heteroatoms. The fourth-order valence-corrected chi connectivity index (χ4v) is 4.23. The molecule has 2 N–H and O–H groups in total. The van der Waals surface area contributed by atoms with Crippen LogP contribution in [-0.2, 0) is 0 Å². The zero-order chi connectivity index (χ0) is 16.2. The van der Waals surface area contributed by atoms with E-state index in [0.29, 0.717) is 0 Å². The third-order valence-electron chi connectivity index (χ3n) is 2.88. The maximum Gasteiger partial charge on any atom is 0.191 e. The molecule has 0 aliphatic heterocycles. The molecule has 2 rings (SSSR count). The molecule has 0 saturated heterocycles. The van der Waals surface area contributed by atoms with Crippen molar-refractivity contribution in [2.24, 2.45) is 4.99 Å². The zero-order valence-corrected chi connectivity index (χ0v) is 15.6. The number of guanidine groups is 1. The molecule has 4 nitrogen and oxygen atoms in total. The van der Waals surface area contributed by atoms with E-state index in [1.54, 1.807) is 11.3 Å². The number of aliphatic imine (C=N–C) groups is 1. The second kappa shape index (κ2) is 11.4. The Morgan fingerprint density at radius 3 is 2.70 bits per heavy atom.